The molecule has 2 aromatic carbocycles. The molecule has 2 atom stereocenters. The van der Waals surface area contributed by atoms with Gasteiger partial charge in [0, 0.05) is 19.0 Å². The van der Waals surface area contributed by atoms with Gasteiger partial charge in [0.1, 0.15) is 5.75 Å². The van der Waals surface area contributed by atoms with Crippen LogP contribution in [-0.4, -0.2) is 54.0 Å². The molecule has 3 rings (SSSR count). The van der Waals surface area contributed by atoms with Crippen LogP contribution in [0.15, 0.2) is 54.6 Å². The Morgan fingerprint density at radius 2 is 1.76 bits per heavy atom. The van der Waals surface area contributed by atoms with Gasteiger partial charge in [-0.25, -0.2) is 0 Å². The molecule has 152 valence electrons. The number of carbonyl (C=O) groups is 3. The number of carbonyl (C=O) groups excluding carboxylic acids is 2. The number of benzene rings is 2. The smallest absolute Gasteiger partial charge is 0.308 e. The van der Waals surface area contributed by atoms with Gasteiger partial charge in [0.25, 0.3) is 5.91 Å². The number of likely N-dealkylation sites (tertiary alicyclic amines) is 1. The van der Waals surface area contributed by atoms with E-state index in [0.717, 1.165) is 5.56 Å². The Bertz CT molecular complexity index is 884. The minimum Gasteiger partial charge on any atom is -0.493 e. The molecule has 7 heteroatoms. The van der Waals surface area contributed by atoms with Crippen LogP contribution in [0, 0.1) is 5.92 Å². The van der Waals surface area contributed by atoms with Crippen molar-refractivity contribution in [3.05, 3.63) is 65.7 Å². The Balaban J connectivity index is 1.64. The minimum atomic E-state index is -0.927. The van der Waals surface area contributed by atoms with E-state index in [0.29, 0.717) is 24.5 Å². The number of hydrogen-bond donors (Lipinski definition) is 2. The number of rotatable bonds is 7. The van der Waals surface area contributed by atoms with Crippen LogP contribution in [0.25, 0.3) is 0 Å². The Morgan fingerprint density at radius 3 is 2.45 bits per heavy atom. The number of nitrogens with zero attached hydrogens (tertiary/aromatic N) is 1. The molecule has 2 aromatic rings. The summed E-state index contributed by atoms with van der Waals surface area (Å²) in [5, 5.41) is 12.2. The zero-order valence-corrected chi connectivity index (χ0v) is 16.2. The summed E-state index contributed by atoms with van der Waals surface area (Å²) in [4.78, 5) is 38.3. The summed E-state index contributed by atoms with van der Waals surface area (Å²) in [6, 6.07) is 16.2. The standard InChI is InChI=1S/C22H24N2O5/c1-2-29-19-11-7-6-10-16(19)21(26)23-12-20(25)24-13-17(18(14-24)22(27)28)15-8-4-3-5-9-15/h3-11,17-18H,2,12-14H2,1H3,(H,23,26)(H,27,28)/t17-,18-/m0/s1. The van der Waals surface area contributed by atoms with Crippen LogP contribution in [0.5, 0.6) is 5.75 Å². The molecule has 2 amide bonds. The third-order valence-corrected chi connectivity index (χ3v) is 5.05. The van der Waals surface area contributed by atoms with Gasteiger partial charge in [-0.1, -0.05) is 42.5 Å². The number of ether oxygens (including phenoxy) is 1. The second-order valence-electron chi connectivity index (χ2n) is 6.87. The first-order chi connectivity index (χ1) is 14.0. The predicted octanol–water partition coefficient (Wildman–Crippen LogP) is 2.14. The van der Waals surface area contributed by atoms with E-state index in [4.69, 9.17) is 4.74 Å². The molecule has 1 aliphatic rings. The van der Waals surface area contributed by atoms with Crippen LogP contribution >= 0.6 is 0 Å². The largest absolute Gasteiger partial charge is 0.493 e. The molecule has 0 aliphatic carbocycles. The predicted molar refractivity (Wildman–Crippen MR) is 107 cm³/mol. The molecule has 0 unspecified atom stereocenters. The monoisotopic (exact) mass is 396 g/mol. The van der Waals surface area contributed by atoms with Gasteiger partial charge < -0.3 is 20.1 Å². The van der Waals surface area contributed by atoms with E-state index in [1.807, 2.05) is 37.3 Å². The fraction of sp³-hybridized carbons (Fsp3) is 0.318. The molecule has 0 saturated carbocycles. The number of carboxylic acids is 1. The molecule has 1 heterocycles. The molecule has 1 saturated heterocycles. The molecule has 7 nitrogen and oxygen atoms in total. The average molecular weight is 396 g/mol. The summed E-state index contributed by atoms with van der Waals surface area (Å²) in [7, 11) is 0. The molecule has 0 bridgehead atoms. The number of aliphatic carboxylic acids is 1. The molecule has 29 heavy (non-hydrogen) atoms. The van der Waals surface area contributed by atoms with Gasteiger partial charge in [-0.05, 0) is 24.6 Å². The van der Waals surface area contributed by atoms with Crippen LogP contribution in [0.3, 0.4) is 0 Å². The lowest BCUT2D eigenvalue weighted by atomic mass is 9.89. The van der Waals surface area contributed by atoms with E-state index < -0.39 is 17.8 Å². The first kappa shape index (κ1) is 20.4. The van der Waals surface area contributed by atoms with Gasteiger partial charge in [0.05, 0.1) is 24.6 Å². The number of amides is 2. The van der Waals surface area contributed by atoms with E-state index >= 15 is 0 Å². The molecule has 0 spiro atoms. The lowest BCUT2D eigenvalue weighted by molar-refractivity contribution is -0.141. The number of para-hydroxylation sites is 1. The summed E-state index contributed by atoms with van der Waals surface area (Å²) in [6.07, 6.45) is 0. The zero-order chi connectivity index (χ0) is 20.8. The fourth-order valence-electron chi connectivity index (χ4n) is 3.59. The van der Waals surface area contributed by atoms with Gasteiger partial charge in [-0.3, -0.25) is 14.4 Å². The summed E-state index contributed by atoms with van der Waals surface area (Å²) < 4.78 is 5.45. The van der Waals surface area contributed by atoms with Gasteiger partial charge >= 0.3 is 5.97 Å². The van der Waals surface area contributed by atoms with E-state index in [1.54, 1.807) is 24.3 Å². The van der Waals surface area contributed by atoms with Crippen LogP contribution in [-0.2, 0) is 9.59 Å². The molecule has 1 aliphatic heterocycles. The van der Waals surface area contributed by atoms with Crippen molar-refractivity contribution in [2.45, 2.75) is 12.8 Å². The summed E-state index contributed by atoms with van der Waals surface area (Å²) >= 11 is 0. The molecule has 0 radical (unpaired) electrons. The Morgan fingerprint density at radius 1 is 1.07 bits per heavy atom. The maximum Gasteiger partial charge on any atom is 0.308 e. The van der Waals surface area contributed by atoms with Crippen LogP contribution in [0.4, 0.5) is 0 Å². The van der Waals surface area contributed by atoms with E-state index in [-0.39, 0.29) is 24.9 Å². The Labute approximate surface area is 169 Å². The molecule has 0 aromatic heterocycles. The SMILES string of the molecule is CCOc1ccccc1C(=O)NCC(=O)N1C[C@H](C(=O)O)[C@H](c2ccccc2)C1. The van der Waals surface area contributed by atoms with Crippen LogP contribution in [0.2, 0.25) is 0 Å². The van der Waals surface area contributed by atoms with Crippen molar-refractivity contribution in [3.8, 4) is 5.75 Å². The summed E-state index contributed by atoms with van der Waals surface area (Å²) in [5.41, 5.74) is 1.25. The summed E-state index contributed by atoms with van der Waals surface area (Å²) in [6.45, 7) is 2.49. The van der Waals surface area contributed by atoms with Crippen molar-refractivity contribution in [2.75, 3.05) is 26.2 Å². The van der Waals surface area contributed by atoms with Crippen LogP contribution < -0.4 is 10.1 Å². The fourth-order valence-corrected chi connectivity index (χ4v) is 3.59. The molecular weight excluding hydrogens is 372 g/mol. The van der Waals surface area contributed by atoms with Gasteiger partial charge in [-0.2, -0.15) is 0 Å². The normalized spacial score (nSPS) is 18.3. The third kappa shape index (κ3) is 4.74. The maximum absolute atomic E-state index is 12.6. The number of nitrogens with one attached hydrogen (secondary N) is 1. The van der Waals surface area contributed by atoms with Gasteiger partial charge in [0.15, 0.2) is 0 Å². The lowest BCUT2D eigenvalue weighted by Gasteiger charge is -2.17. The van der Waals surface area contributed by atoms with Crippen molar-refractivity contribution in [2.24, 2.45) is 5.92 Å². The van der Waals surface area contributed by atoms with E-state index in [1.165, 1.54) is 4.90 Å². The first-order valence-electron chi connectivity index (χ1n) is 9.56. The second kappa shape index (κ2) is 9.23. The highest BCUT2D eigenvalue weighted by molar-refractivity contribution is 5.98. The van der Waals surface area contributed by atoms with E-state index in [2.05, 4.69) is 5.32 Å². The minimum absolute atomic E-state index is 0.124. The third-order valence-electron chi connectivity index (χ3n) is 5.05. The maximum atomic E-state index is 12.6. The quantitative estimate of drug-likeness (QED) is 0.748. The van der Waals surface area contributed by atoms with Crippen molar-refractivity contribution in [1.29, 1.82) is 0 Å². The average Bonchev–Trinajstić information content (AvgIpc) is 3.19. The second-order valence-corrected chi connectivity index (χ2v) is 6.87. The summed E-state index contributed by atoms with van der Waals surface area (Å²) in [5.74, 6) is -2.13. The highest BCUT2D eigenvalue weighted by Crippen LogP contribution is 2.32. The lowest BCUT2D eigenvalue weighted by Crippen LogP contribution is -2.39. The number of carboxylic acid groups (broad SMARTS) is 1. The Kier molecular flexibility index (Phi) is 6.49. The van der Waals surface area contributed by atoms with Crippen molar-refractivity contribution in [3.63, 3.8) is 0 Å². The Hall–Kier alpha value is -3.35. The van der Waals surface area contributed by atoms with Crippen LogP contribution in [0.1, 0.15) is 28.8 Å². The van der Waals surface area contributed by atoms with Gasteiger partial charge in [-0.15, -0.1) is 0 Å². The first-order valence-corrected chi connectivity index (χ1v) is 9.56. The highest BCUT2D eigenvalue weighted by atomic mass is 16.5. The molecular formula is C22H24N2O5. The molecule has 1 fully saturated rings. The molecule has 2 N–H and O–H groups in total. The van der Waals surface area contributed by atoms with Crippen molar-refractivity contribution < 1.29 is 24.2 Å². The topological polar surface area (TPSA) is 95.9 Å². The zero-order valence-electron chi connectivity index (χ0n) is 16.2. The van der Waals surface area contributed by atoms with Gasteiger partial charge in [0.2, 0.25) is 5.91 Å². The van der Waals surface area contributed by atoms with Crippen molar-refractivity contribution in [1.82, 2.24) is 10.2 Å². The van der Waals surface area contributed by atoms with Crippen molar-refractivity contribution >= 4 is 17.8 Å². The van der Waals surface area contributed by atoms with E-state index in [9.17, 15) is 19.5 Å². The number of hydrogen-bond acceptors (Lipinski definition) is 4. The highest BCUT2D eigenvalue weighted by Gasteiger charge is 2.40.